The molecule has 8 heteroatoms. The molecule has 0 saturated carbocycles. The van der Waals surface area contributed by atoms with E-state index in [1.165, 1.54) is 6.07 Å². The summed E-state index contributed by atoms with van der Waals surface area (Å²) < 4.78 is 36.4. The molecule has 3 saturated heterocycles. The third-order valence-electron chi connectivity index (χ3n) is 6.93. The molecule has 0 aliphatic carbocycles. The highest BCUT2D eigenvalue weighted by Crippen LogP contribution is 2.48. The van der Waals surface area contributed by atoms with E-state index in [1.54, 1.807) is 11.1 Å². The van der Waals surface area contributed by atoms with Crippen molar-refractivity contribution in [2.45, 2.75) is 43.6 Å². The van der Waals surface area contributed by atoms with E-state index in [0.29, 0.717) is 38.8 Å². The Balaban J connectivity index is 1.24. The van der Waals surface area contributed by atoms with Gasteiger partial charge in [-0.2, -0.15) is 5.10 Å². The summed E-state index contributed by atoms with van der Waals surface area (Å²) in [6.45, 7) is 1.31. The van der Waals surface area contributed by atoms with Gasteiger partial charge in [0.25, 0.3) is 5.91 Å². The maximum absolute atomic E-state index is 14.4. The minimum Gasteiger partial charge on any atom is -0.356 e. The fraction of sp³-hybridized carbons (Fsp3) is 0.391. The van der Waals surface area contributed by atoms with Crippen LogP contribution in [0.4, 0.5) is 14.6 Å². The standard InChI is InChI=1S/C23H22F2N4O2/c24-15-4-5-18(25)17(14-15)19-6-7-21-28(19)22(30)23(31-21)9-12-27(13-10-23)20-3-1-2-16-8-11-26-29(16)20/h1-5,8,11,14,19,21H,6-7,9-10,12-13H2/t19-,21+/m0/s1. The number of fused-ring (bicyclic) bond motifs is 2. The number of nitrogens with zero attached hydrogens (tertiary/aromatic N) is 4. The van der Waals surface area contributed by atoms with Gasteiger partial charge in [0.2, 0.25) is 0 Å². The smallest absolute Gasteiger partial charge is 0.257 e. The van der Waals surface area contributed by atoms with Crippen LogP contribution in [0.25, 0.3) is 5.52 Å². The van der Waals surface area contributed by atoms with E-state index in [2.05, 4.69) is 10.00 Å². The number of ether oxygens (including phenoxy) is 1. The van der Waals surface area contributed by atoms with Crippen molar-refractivity contribution < 1.29 is 18.3 Å². The summed E-state index contributed by atoms with van der Waals surface area (Å²) in [5, 5.41) is 4.41. The Kier molecular flexibility index (Phi) is 4.08. The lowest BCUT2D eigenvalue weighted by Gasteiger charge is -2.38. The Bertz CT molecular complexity index is 1170. The normalized spacial score (nSPS) is 25.0. The number of halogens is 2. The van der Waals surface area contributed by atoms with Gasteiger partial charge in [0, 0.05) is 31.5 Å². The molecule has 3 fully saturated rings. The SMILES string of the molecule is O=C1N2[C@@H](CC[C@H]2c2cc(F)ccc2F)OC12CCN(c1cccc3ccnn13)CC2. The summed E-state index contributed by atoms with van der Waals surface area (Å²) in [6.07, 6.45) is 3.70. The van der Waals surface area contributed by atoms with E-state index in [9.17, 15) is 13.6 Å². The van der Waals surface area contributed by atoms with Crippen molar-refractivity contribution in [3.63, 3.8) is 0 Å². The quantitative estimate of drug-likeness (QED) is 0.630. The van der Waals surface area contributed by atoms with Gasteiger partial charge in [0.15, 0.2) is 5.60 Å². The highest BCUT2D eigenvalue weighted by atomic mass is 19.1. The largest absolute Gasteiger partial charge is 0.356 e. The Hall–Kier alpha value is -3.00. The Morgan fingerprint density at radius 3 is 2.74 bits per heavy atom. The van der Waals surface area contributed by atoms with Gasteiger partial charge in [-0.25, -0.2) is 13.3 Å². The van der Waals surface area contributed by atoms with E-state index < -0.39 is 23.3 Å². The molecule has 3 aliphatic rings. The molecule has 0 N–H and O–H groups in total. The fourth-order valence-electron chi connectivity index (χ4n) is 5.39. The van der Waals surface area contributed by atoms with Gasteiger partial charge in [0.05, 0.1) is 17.8 Å². The molecular formula is C23H22F2N4O2. The van der Waals surface area contributed by atoms with Gasteiger partial charge in [-0.1, -0.05) is 6.07 Å². The highest BCUT2D eigenvalue weighted by Gasteiger charge is 2.58. The average molecular weight is 424 g/mol. The van der Waals surface area contributed by atoms with E-state index in [4.69, 9.17) is 4.74 Å². The van der Waals surface area contributed by atoms with Crippen LogP contribution in [-0.4, -0.2) is 45.3 Å². The molecule has 1 spiro atoms. The summed E-state index contributed by atoms with van der Waals surface area (Å²) in [6, 6.07) is 10.9. The first-order chi connectivity index (χ1) is 15.1. The minimum absolute atomic E-state index is 0.0967. The molecule has 2 aromatic heterocycles. The number of hydrogen-bond donors (Lipinski definition) is 0. The lowest BCUT2D eigenvalue weighted by Crippen LogP contribution is -2.50. The molecule has 1 amide bonds. The van der Waals surface area contributed by atoms with Crippen LogP contribution < -0.4 is 4.90 Å². The number of aromatic nitrogens is 2. The van der Waals surface area contributed by atoms with Crippen LogP contribution in [0, 0.1) is 11.6 Å². The zero-order chi connectivity index (χ0) is 21.2. The average Bonchev–Trinajstić information content (AvgIpc) is 3.47. The van der Waals surface area contributed by atoms with Crippen LogP contribution >= 0.6 is 0 Å². The maximum Gasteiger partial charge on any atom is 0.257 e. The van der Waals surface area contributed by atoms with Crippen LogP contribution in [0.1, 0.15) is 37.3 Å². The molecule has 0 bridgehead atoms. The van der Waals surface area contributed by atoms with E-state index >= 15 is 0 Å². The second-order valence-corrected chi connectivity index (χ2v) is 8.58. The number of anilines is 1. The molecule has 6 rings (SSSR count). The topological polar surface area (TPSA) is 50.1 Å². The number of carbonyl (C=O) groups excluding carboxylic acids is 1. The molecule has 3 aliphatic heterocycles. The van der Waals surface area contributed by atoms with Gasteiger partial charge >= 0.3 is 0 Å². The zero-order valence-electron chi connectivity index (χ0n) is 16.9. The highest BCUT2D eigenvalue weighted by molar-refractivity contribution is 5.88. The molecule has 0 unspecified atom stereocenters. The number of piperidine rings is 1. The van der Waals surface area contributed by atoms with Crippen molar-refractivity contribution in [1.82, 2.24) is 14.5 Å². The third kappa shape index (κ3) is 2.77. The lowest BCUT2D eigenvalue weighted by molar-refractivity contribution is -0.140. The van der Waals surface area contributed by atoms with Crippen molar-refractivity contribution >= 4 is 17.2 Å². The molecule has 2 atom stereocenters. The van der Waals surface area contributed by atoms with Gasteiger partial charge in [0.1, 0.15) is 23.7 Å². The van der Waals surface area contributed by atoms with E-state index in [1.807, 2.05) is 28.8 Å². The molecule has 160 valence electrons. The van der Waals surface area contributed by atoms with Crippen molar-refractivity contribution in [1.29, 1.82) is 0 Å². The predicted octanol–water partition coefficient (Wildman–Crippen LogP) is 3.67. The molecular weight excluding hydrogens is 402 g/mol. The van der Waals surface area contributed by atoms with Crippen LogP contribution in [0.2, 0.25) is 0 Å². The van der Waals surface area contributed by atoms with E-state index in [-0.39, 0.29) is 17.7 Å². The first-order valence-electron chi connectivity index (χ1n) is 10.7. The van der Waals surface area contributed by atoms with Crippen LogP contribution in [0.3, 0.4) is 0 Å². The second kappa shape index (κ2) is 6.75. The van der Waals surface area contributed by atoms with E-state index in [0.717, 1.165) is 23.5 Å². The fourth-order valence-corrected chi connectivity index (χ4v) is 5.39. The van der Waals surface area contributed by atoms with Gasteiger partial charge in [-0.3, -0.25) is 4.79 Å². The number of pyridine rings is 1. The zero-order valence-corrected chi connectivity index (χ0v) is 16.9. The van der Waals surface area contributed by atoms with Crippen LogP contribution in [-0.2, 0) is 9.53 Å². The first kappa shape index (κ1) is 18.7. The molecule has 0 radical (unpaired) electrons. The summed E-state index contributed by atoms with van der Waals surface area (Å²) in [5.41, 5.74) is 0.368. The molecule has 6 nitrogen and oxygen atoms in total. The van der Waals surface area contributed by atoms with Crippen molar-refractivity contribution in [2.24, 2.45) is 0 Å². The van der Waals surface area contributed by atoms with Crippen LogP contribution in [0.15, 0.2) is 48.7 Å². The number of benzene rings is 1. The number of rotatable bonds is 2. The summed E-state index contributed by atoms with van der Waals surface area (Å²) in [4.78, 5) is 17.4. The molecule has 5 heterocycles. The van der Waals surface area contributed by atoms with Gasteiger partial charge in [-0.05, 0) is 49.2 Å². The summed E-state index contributed by atoms with van der Waals surface area (Å²) in [7, 11) is 0. The Labute approximate surface area is 178 Å². The number of hydrogen-bond acceptors (Lipinski definition) is 4. The summed E-state index contributed by atoms with van der Waals surface area (Å²) in [5.74, 6) is -0.0882. The number of amides is 1. The second-order valence-electron chi connectivity index (χ2n) is 8.58. The molecule has 31 heavy (non-hydrogen) atoms. The molecule has 1 aromatic carbocycles. The number of carbonyl (C=O) groups is 1. The molecule has 3 aromatic rings. The predicted molar refractivity (Wildman–Crippen MR) is 109 cm³/mol. The monoisotopic (exact) mass is 424 g/mol. The van der Waals surface area contributed by atoms with Gasteiger partial charge < -0.3 is 14.5 Å². The van der Waals surface area contributed by atoms with Crippen LogP contribution in [0.5, 0.6) is 0 Å². The Morgan fingerprint density at radius 2 is 1.90 bits per heavy atom. The van der Waals surface area contributed by atoms with Crippen molar-refractivity contribution in [3.8, 4) is 0 Å². The maximum atomic E-state index is 14.4. The van der Waals surface area contributed by atoms with Crippen molar-refractivity contribution in [2.75, 3.05) is 18.0 Å². The third-order valence-corrected chi connectivity index (χ3v) is 6.93. The summed E-state index contributed by atoms with van der Waals surface area (Å²) >= 11 is 0. The van der Waals surface area contributed by atoms with Crippen molar-refractivity contribution in [3.05, 3.63) is 65.9 Å². The first-order valence-corrected chi connectivity index (χ1v) is 10.7. The Morgan fingerprint density at radius 1 is 1.06 bits per heavy atom. The van der Waals surface area contributed by atoms with Gasteiger partial charge in [-0.15, -0.1) is 0 Å². The minimum atomic E-state index is -0.887. The lowest BCUT2D eigenvalue weighted by atomic mass is 9.89.